The molecule has 6 heteroatoms. The molecular weight excluding hydrogens is 1020 g/mol. The van der Waals surface area contributed by atoms with E-state index < -0.39 is 12.1 Å². The second kappa shape index (κ2) is 72.8. The van der Waals surface area contributed by atoms with Crippen molar-refractivity contribution in [2.45, 2.75) is 443 Å². The highest BCUT2D eigenvalue weighted by molar-refractivity contribution is 5.76. The van der Waals surface area contributed by atoms with Gasteiger partial charge in [-0.15, -0.1) is 0 Å². The fraction of sp³-hybridized carbons (Fsp3) is 0.922. The Hall–Kier alpha value is -1.66. The fourth-order valence-corrected chi connectivity index (χ4v) is 12.2. The van der Waals surface area contributed by atoms with E-state index in [-0.39, 0.29) is 18.5 Å². The van der Waals surface area contributed by atoms with Crippen LogP contribution in [0.15, 0.2) is 24.3 Å². The van der Waals surface area contributed by atoms with Crippen LogP contribution in [0.5, 0.6) is 0 Å². The molecule has 2 unspecified atom stereocenters. The molecule has 492 valence electrons. The lowest BCUT2D eigenvalue weighted by Gasteiger charge is -2.22. The Morgan fingerprint density at radius 2 is 0.614 bits per heavy atom. The van der Waals surface area contributed by atoms with Crippen LogP contribution in [0.4, 0.5) is 0 Å². The molecule has 1 amide bonds. The van der Waals surface area contributed by atoms with Crippen molar-refractivity contribution in [1.29, 1.82) is 0 Å². The molecule has 0 aliphatic rings. The molecule has 0 radical (unpaired) electrons. The number of nitrogens with one attached hydrogen (secondary N) is 1. The smallest absolute Gasteiger partial charge is 0.305 e. The number of unbranched alkanes of at least 4 members (excludes halogenated alkanes) is 57. The number of esters is 1. The Morgan fingerprint density at radius 3 is 0.952 bits per heavy atom. The Morgan fingerprint density at radius 1 is 0.337 bits per heavy atom. The van der Waals surface area contributed by atoms with Crippen LogP contribution in [-0.2, 0) is 14.3 Å². The number of ether oxygens (including phenoxy) is 1. The second-order valence-corrected chi connectivity index (χ2v) is 26.3. The Balaban J connectivity index is 3.34. The van der Waals surface area contributed by atoms with E-state index in [2.05, 4.69) is 43.5 Å². The zero-order valence-corrected chi connectivity index (χ0v) is 56.5. The van der Waals surface area contributed by atoms with Crippen molar-refractivity contribution in [1.82, 2.24) is 5.32 Å². The third-order valence-electron chi connectivity index (χ3n) is 18.0. The van der Waals surface area contributed by atoms with E-state index >= 15 is 0 Å². The summed E-state index contributed by atoms with van der Waals surface area (Å²) in [6.45, 7) is 4.96. The van der Waals surface area contributed by atoms with Crippen molar-refractivity contribution in [2.24, 2.45) is 0 Å². The highest BCUT2D eigenvalue weighted by Crippen LogP contribution is 2.20. The molecule has 6 nitrogen and oxygen atoms in total. The molecule has 0 aliphatic carbocycles. The van der Waals surface area contributed by atoms with Crippen LogP contribution in [0.2, 0.25) is 0 Å². The minimum absolute atomic E-state index is 0.00572. The van der Waals surface area contributed by atoms with Crippen LogP contribution >= 0.6 is 0 Å². The summed E-state index contributed by atoms with van der Waals surface area (Å²) in [5, 5.41) is 23.5. The molecule has 0 spiro atoms. The van der Waals surface area contributed by atoms with Gasteiger partial charge < -0.3 is 20.3 Å². The van der Waals surface area contributed by atoms with Gasteiger partial charge in [-0.3, -0.25) is 9.59 Å². The standard InChI is InChI=1S/C77H149NO5/c1-3-5-7-9-11-13-15-17-19-20-21-22-30-33-36-39-42-45-49-53-57-61-65-69-75(80)74(73-79)78-76(81)70-66-62-58-54-50-46-43-40-37-34-31-28-26-24-23-25-27-29-32-35-38-41-44-48-52-56-60-64-68-72-83-77(82)71-67-63-59-55-51-47-18-16-14-12-10-8-6-4-2/h10,12,16,18,74-75,79-80H,3-9,11,13-15,17,19-73H2,1-2H3,(H,78,81)/b12-10-,18-16-. The van der Waals surface area contributed by atoms with E-state index in [4.69, 9.17) is 4.74 Å². The zero-order chi connectivity index (χ0) is 59.9. The van der Waals surface area contributed by atoms with Crippen molar-refractivity contribution in [2.75, 3.05) is 13.2 Å². The molecule has 0 heterocycles. The van der Waals surface area contributed by atoms with Crippen LogP contribution in [-0.4, -0.2) is 47.4 Å². The highest BCUT2D eigenvalue weighted by Gasteiger charge is 2.20. The molecule has 0 fully saturated rings. The van der Waals surface area contributed by atoms with Gasteiger partial charge in [0.15, 0.2) is 0 Å². The molecule has 0 saturated heterocycles. The van der Waals surface area contributed by atoms with E-state index in [0.29, 0.717) is 25.9 Å². The van der Waals surface area contributed by atoms with Crippen molar-refractivity contribution < 1.29 is 24.5 Å². The normalized spacial score (nSPS) is 12.6. The lowest BCUT2D eigenvalue weighted by atomic mass is 10.0. The number of rotatable bonds is 72. The molecule has 0 saturated carbocycles. The first-order valence-electron chi connectivity index (χ1n) is 38.1. The average molecular weight is 1170 g/mol. The first kappa shape index (κ1) is 81.3. The SMILES string of the molecule is CCCC/C=C\C/C=C\CCCCCCCC(=O)OCCCCCCCCCCCCCCCCCCCCCCCCCCCCCCCC(=O)NC(CO)C(O)CCCCCCCCCCCCCCCCCCCCCCCCC. The van der Waals surface area contributed by atoms with E-state index in [9.17, 15) is 19.8 Å². The van der Waals surface area contributed by atoms with Crippen molar-refractivity contribution in [3.8, 4) is 0 Å². The van der Waals surface area contributed by atoms with Crippen molar-refractivity contribution in [3.05, 3.63) is 24.3 Å². The van der Waals surface area contributed by atoms with Gasteiger partial charge in [0.2, 0.25) is 5.91 Å². The summed E-state index contributed by atoms with van der Waals surface area (Å²) < 4.78 is 5.49. The quantitative estimate of drug-likeness (QED) is 0.0320. The number of hydrogen-bond donors (Lipinski definition) is 3. The minimum atomic E-state index is -0.663. The molecule has 83 heavy (non-hydrogen) atoms. The molecular formula is C77H149NO5. The van der Waals surface area contributed by atoms with Gasteiger partial charge in [-0.2, -0.15) is 0 Å². The number of aliphatic hydroxyl groups is 2. The third kappa shape index (κ3) is 69.3. The molecule has 3 N–H and O–H groups in total. The summed E-state index contributed by atoms with van der Waals surface area (Å²) in [6.07, 6.45) is 92.5. The van der Waals surface area contributed by atoms with Crippen LogP contribution in [0.1, 0.15) is 431 Å². The maximum Gasteiger partial charge on any atom is 0.305 e. The molecule has 0 aliphatic heterocycles. The molecule has 2 atom stereocenters. The summed E-state index contributed by atoms with van der Waals surface area (Å²) in [5.74, 6) is -0.0204. The third-order valence-corrected chi connectivity index (χ3v) is 18.0. The summed E-state index contributed by atoms with van der Waals surface area (Å²) >= 11 is 0. The first-order valence-corrected chi connectivity index (χ1v) is 38.1. The van der Waals surface area contributed by atoms with Gasteiger partial charge in [0, 0.05) is 12.8 Å². The van der Waals surface area contributed by atoms with Crippen molar-refractivity contribution in [3.63, 3.8) is 0 Å². The average Bonchev–Trinajstić information content (AvgIpc) is 3.49. The molecule has 0 bridgehead atoms. The zero-order valence-electron chi connectivity index (χ0n) is 56.5. The lowest BCUT2D eigenvalue weighted by molar-refractivity contribution is -0.143. The monoisotopic (exact) mass is 1170 g/mol. The molecule has 0 aromatic heterocycles. The van der Waals surface area contributed by atoms with Gasteiger partial charge in [0.25, 0.3) is 0 Å². The van der Waals surface area contributed by atoms with Gasteiger partial charge >= 0.3 is 5.97 Å². The first-order chi connectivity index (χ1) is 41.0. The van der Waals surface area contributed by atoms with Gasteiger partial charge in [-0.1, -0.05) is 391 Å². The predicted molar refractivity (Wildman–Crippen MR) is 366 cm³/mol. The number of allylic oxidation sites excluding steroid dienone is 4. The topological polar surface area (TPSA) is 95.9 Å². The lowest BCUT2D eigenvalue weighted by Crippen LogP contribution is -2.45. The highest BCUT2D eigenvalue weighted by atomic mass is 16.5. The summed E-state index contributed by atoms with van der Waals surface area (Å²) in [4.78, 5) is 24.6. The summed E-state index contributed by atoms with van der Waals surface area (Å²) in [7, 11) is 0. The largest absolute Gasteiger partial charge is 0.466 e. The number of carbonyl (C=O) groups is 2. The molecule has 0 aromatic carbocycles. The maximum atomic E-state index is 12.6. The second-order valence-electron chi connectivity index (χ2n) is 26.3. The van der Waals surface area contributed by atoms with Crippen LogP contribution < -0.4 is 5.32 Å². The Labute approximate surface area is 520 Å². The van der Waals surface area contributed by atoms with E-state index in [1.165, 1.54) is 347 Å². The number of aliphatic hydroxyl groups excluding tert-OH is 2. The number of amides is 1. The van der Waals surface area contributed by atoms with Crippen LogP contribution in [0, 0.1) is 0 Å². The van der Waals surface area contributed by atoms with Gasteiger partial charge in [0.05, 0.1) is 25.4 Å². The van der Waals surface area contributed by atoms with Gasteiger partial charge in [0.1, 0.15) is 0 Å². The van der Waals surface area contributed by atoms with Crippen LogP contribution in [0.25, 0.3) is 0 Å². The maximum absolute atomic E-state index is 12.6. The minimum Gasteiger partial charge on any atom is -0.466 e. The molecule has 0 rings (SSSR count). The Bertz CT molecular complexity index is 1300. The Kier molecular flexibility index (Phi) is 71.4. The predicted octanol–water partition coefficient (Wildman–Crippen LogP) is 24.9. The van der Waals surface area contributed by atoms with E-state index in [0.717, 1.165) is 51.4 Å². The summed E-state index contributed by atoms with van der Waals surface area (Å²) in [5.41, 5.74) is 0. The van der Waals surface area contributed by atoms with Crippen molar-refractivity contribution >= 4 is 11.9 Å². The van der Waals surface area contributed by atoms with Crippen LogP contribution in [0.3, 0.4) is 0 Å². The summed E-state index contributed by atoms with van der Waals surface area (Å²) in [6, 6.07) is -0.540. The van der Waals surface area contributed by atoms with E-state index in [1.807, 2.05) is 0 Å². The number of hydrogen-bond acceptors (Lipinski definition) is 5. The van der Waals surface area contributed by atoms with Gasteiger partial charge in [-0.25, -0.2) is 0 Å². The van der Waals surface area contributed by atoms with Gasteiger partial charge in [-0.05, 0) is 51.4 Å². The van der Waals surface area contributed by atoms with E-state index in [1.54, 1.807) is 0 Å². The number of carbonyl (C=O) groups excluding carboxylic acids is 2. The molecule has 0 aromatic rings. The fourth-order valence-electron chi connectivity index (χ4n) is 12.2.